The Balaban J connectivity index is 2.19. The topological polar surface area (TPSA) is 38.7 Å². The zero-order chi connectivity index (χ0) is 13.9. The Morgan fingerprint density at radius 3 is 2.84 bits per heavy atom. The molecule has 0 bridgehead atoms. The monoisotopic (exact) mass is 264 g/mol. The lowest BCUT2D eigenvalue weighted by Gasteiger charge is -2.37. The molecule has 0 spiro atoms. The Hall–Kier alpha value is -0.900. The van der Waals surface area contributed by atoms with Gasteiger partial charge in [0.15, 0.2) is 0 Å². The Bertz CT molecular complexity index is 416. The van der Waals surface area contributed by atoms with Crippen molar-refractivity contribution in [2.24, 2.45) is 5.92 Å². The summed E-state index contributed by atoms with van der Waals surface area (Å²) >= 11 is 0. The minimum atomic E-state index is -0.843. The van der Waals surface area contributed by atoms with Crippen molar-refractivity contribution < 1.29 is 14.6 Å². The molecule has 2 unspecified atom stereocenters. The molecule has 0 radical (unpaired) electrons. The molecule has 1 aromatic rings. The largest absolute Gasteiger partial charge is 0.387 e. The van der Waals surface area contributed by atoms with Crippen molar-refractivity contribution in [3.8, 4) is 0 Å². The lowest BCUT2D eigenvalue weighted by molar-refractivity contribution is -0.106. The van der Waals surface area contributed by atoms with Crippen molar-refractivity contribution in [3.63, 3.8) is 0 Å². The zero-order valence-electron chi connectivity index (χ0n) is 12.1. The molecule has 0 fully saturated rings. The van der Waals surface area contributed by atoms with Crippen LogP contribution in [0.5, 0.6) is 0 Å². The number of methoxy groups -OCH3 is 1. The van der Waals surface area contributed by atoms with Crippen LogP contribution >= 0.6 is 0 Å². The first-order chi connectivity index (χ1) is 9.07. The van der Waals surface area contributed by atoms with E-state index >= 15 is 0 Å². The smallest absolute Gasteiger partial charge is 0.0930 e. The molecule has 1 N–H and O–H groups in total. The number of hydrogen-bond acceptors (Lipinski definition) is 3. The van der Waals surface area contributed by atoms with Crippen LogP contribution in [0, 0.1) is 5.92 Å². The van der Waals surface area contributed by atoms with Gasteiger partial charge in [-0.3, -0.25) is 0 Å². The van der Waals surface area contributed by atoms with E-state index in [2.05, 4.69) is 18.2 Å². The summed E-state index contributed by atoms with van der Waals surface area (Å²) in [7, 11) is 1.63. The molecule has 0 saturated carbocycles. The number of rotatable bonds is 5. The van der Waals surface area contributed by atoms with Gasteiger partial charge < -0.3 is 14.6 Å². The number of fused-ring (bicyclic) bond motifs is 1. The first-order valence-electron chi connectivity index (χ1n) is 6.97. The molecule has 3 nitrogen and oxygen atoms in total. The molecule has 1 aromatic carbocycles. The minimum Gasteiger partial charge on any atom is -0.387 e. The zero-order valence-corrected chi connectivity index (χ0v) is 12.1. The third kappa shape index (κ3) is 3.16. The Morgan fingerprint density at radius 2 is 2.16 bits per heavy atom. The Kier molecular flexibility index (Phi) is 4.61. The predicted molar refractivity (Wildman–Crippen MR) is 75.1 cm³/mol. The van der Waals surface area contributed by atoms with E-state index in [0.717, 1.165) is 13.0 Å². The van der Waals surface area contributed by atoms with Crippen molar-refractivity contribution >= 4 is 0 Å². The lowest BCUT2D eigenvalue weighted by atomic mass is 9.82. The van der Waals surface area contributed by atoms with Crippen LogP contribution in [0.15, 0.2) is 24.3 Å². The maximum atomic E-state index is 10.8. The first kappa shape index (κ1) is 14.5. The van der Waals surface area contributed by atoms with Gasteiger partial charge in [-0.1, -0.05) is 38.1 Å². The van der Waals surface area contributed by atoms with E-state index in [0.29, 0.717) is 13.0 Å². The van der Waals surface area contributed by atoms with Gasteiger partial charge in [0.2, 0.25) is 0 Å². The molecule has 106 valence electrons. The summed E-state index contributed by atoms with van der Waals surface area (Å²) < 4.78 is 11.1. The molecular weight excluding hydrogens is 240 g/mol. The van der Waals surface area contributed by atoms with Crippen LogP contribution in [0.3, 0.4) is 0 Å². The number of aliphatic hydroxyl groups is 1. The molecule has 2 atom stereocenters. The highest BCUT2D eigenvalue weighted by Gasteiger charge is 2.36. The second kappa shape index (κ2) is 6.04. The Labute approximate surface area is 115 Å². The molecular formula is C16H24O3. The molecule has 0 aliphatic carbocycles. The van der Waals surface area contributed by atoms with Crippen LogP contribution in [-0.4, -0.2) is 31.0 Å². The highest BCUT2D eigenvalue weighted by Crippen LogP contribution is 2.36. The fourth-order valence-corrected chi connectivity index (χ4v) is 2.68. The van der Waals surface area contributed by atoms with Gasteiger partial charge >= 0.3 is 0 Å². The van der Waals surface area contributed by atoms with Crippen molar-refractivity contribution in [1.82, 2.24) is 0 Å². The third-order valence-corrected chi connectivity index (χ3v) is 4.10. The van der Waals surface area contributed by atoms with E-state index in [9.17, 15) is 5.11 Å². The molecule has 1 aliphatic heterocycles. The van der Waals surface area contributed by atoms with E-state index in [4.69, 9.17) is 9.47 Å². The number of hydrogen-bond donors (Lipinski definition) is 1. The van der Waals surface area contributed by atoms with Gasteiger partial charge in [-0.25, -0.2) is 0 Å². The van der Waals surface area contributed by atoms with E-state index in [1.807, 2.05) is 19.9 Å². The Morgan fingerprint density at radius 1 is 1.42 bits per heavy atom. The van der Waals surface area contributed by atoms with Crippen molar-refractivity contribution in [2.45, 2.75) is 38.4 Å². The van der Waals surface area contributed by atoms with E-state index in [-0.39, 0.29) is 12.0 Å². The van der Waals surface area contributed by atoms with Crippen LogP contribution in [0.2, 0.25) is 0 Å². The maximum absolute atomic E-state index is 10.8. The molecule has 1 heterocycles. The summed E-state index contributed by atoms with van der Waals surface area (Å²) in [5, 5.41) is 10.8. The van der Waals surface area contributed by atoms with Gasteiger partial charge in [-0.2, -0.15) is 0 Å². The highest BCUT2D eigenvalue weighted by molar-refractivity contribution is 5.31. The molecule has 1 aliphatic rings. The molecule has 3 heteroatoms. The third-order valence-electron chi connectivity index (χ3n) is 4.10. The molecule has 2 rings (SSSR count). The lowest BCUT2D eigenvalue weighted by Crippen LogP contribution is -2.42. The average Bonchev–Trinajstić information content (AvgIpc) is 2.39. The van der Waals surface area contributed by atoms with E-state index < -0.39 is 5.60 Å². The second-order valence-electron chi connectivity index (χ2n) is 5.70. The molecule has 0 amide bonds. The fraction of sp³-hybridized carbons (Fsp3) is 0.625. The fourth-order valence-electron chi connectivity index (χ4n) is 2.68. The highest BCUT2D eigenvalue weighted by atomic mass is 16.5. The van der Waals surface area contributed by atoms with Crippen LogP contribution < -0.4 is 0 Å². The van der Waals surface area contributed by atoms with Crippen LogP contribution in [0.1, 0.15) is 37.5 Å². The van der Waals surface area contributed by atoms with Crippen LogP contribution in [-0.2, 0) is 15.9 Å². The van der Waals surface area contributed by atoms with E-state index in [1.165, 1.54) is 11.1 Å². The summed E-state index contributed by atoms with van der Waals surface area (Å²) in [5.41, 5.74) is 1.70. The summed E-state index contributed by atoms with van der Waals surface area (Å²) in [5.74, 6) is 0.130. The van der Waals surface area contributed by atoms with Gasteiger partial charge in [0.05, 0.1) is 24.9 Å². The van der Waals surface area contributed by atoms with Gasteiger partial charge in [0.25, 0.3) is 0 Å². The summed E-state index contributed by atoms with van der Waals surface area (Å²) in [4.78, 5) is 0. The minimum absolute atomic E-state index is 0.0347. The number of benzene rings is 1. The molecule has 19 heavy (non-hydrogen) atoms. The SMILES string of the molecule is COCC(O)(CC1OCCc2ccccc21)C(C)C. The maximum Gasteiger partial charge on any atom is 0.0930 e. The number of ether oxygens (including phenoxy) is 2. The van der Waals surface area contributed by atoms with Crippen molar-refractivity contribution in [1.29, 1.82) is 0 Å². The quantitative estimate of drug-likeness (QED) is 0.888. The van der Waals surface area contributed by atoms with Gasteiger partial charge in [0.1, 0.15) is 0 Å². The predicted octanol–water partition coefficient (Wildman–Crippen LogP) is 2.72. The first-order valence-corrected chi connectivity index (χ1v) is 6.97. The van der Waals surface area contributed by atoms with E-state index in [1.54, 1.807) is 7.11 Å². The molecule has 0 aromatic heterocycles. The summed E-state index contributed by atoms with van der Waals surface area (Å²) in [6, 6.07) is 8.35. The van der Waals surface area contributed by atoms with Gasteiger partial charge in [0, 0.05) is 13.5 Å². The normalized spacial score (nSPS) is 22.1. The van der Waals surface area contributed by atoms with Gasteiger partial charge in [-0.05, 0) is 23.5 Å². The van der Waals surface area contributed by atoms with Crippen molar-refractivity contribution in [2.75, 3.05) is 20.3 Å². The standard InChI is InChI=1S/C16H24O3/c1-12(2)16(17,11-18-3)10-15-14-7-5-4-6-13(14)8-9-19-15/h4-7,12,15,17H,8-11H2,1-3H3. The molecule has 0 saturated heterocycles. The van der Waals surface area contributed by atoms with Crippen LogP contribution in [0.25, 0.3) is 0 Å². The van der Waals surface area contributed by atoms with Crippen LogP contribution in [0.4, 0.5) is 0 Å². The second-order valence-corrected chi connectivity index (χ2v) is 5.70. The summed E-state index contributed by atoms with van der Waals surface area (Å²) in [6.45, 7) is 5.11. The van der Waals surface area contributed by atoms with Crippen molar-refractivity contribution in [3.05, 3.63) is 35.4 Å². The van der Waals surface area contributed by atoms with Gasteiger partial charge in [-0.15, -0.1) is 0 Å². The average molecular weight is 264 g/mol. The summed E-state index contributed by atoms with van der Waals surface area (Å²) in [6.07, 6.45) is 1.50.